The summed E-state index contributed by atoms with van der Waals surface area (Å²) >= 11 is 0. The molecule has 0 saturated carbocycles. The van der Waals surface area contributed by atoms with Gasteiger partial charge in [-0.15, -0.1) is 0 Å². The molecule has 120 valence electrons. The molecular formula is C19H17FN4. The summed E-state index contributed by atoms with van der Waals surface area (Å²) in [5, 5.41) is 4.32. The normalized spacial score (nSPS) is 11.4. The highest BCUT2D eigenvalue weighted by atomic mass is 19.1. The maximum Gasteiger partial charge on any atom is 0.150 e. The Kier molecular flexibility index (Phi) is 4.61. The molecule has 24 heavy (non-hydrogen) atoms. The predicted octanol–water partition coefficient (Wildman–Crippen LogP) is 4.43. The molecule has 1 aromatic heterocycles. The molecule has 0 fully saturated rings. The molecule has 2 aromatic carbocycles. The zero-order valence-corrected chi connectivity index (χ0v) is 13.5. The van der Waals surface area contributed by atoms with Crippen molar-refractivity contribution in [2.24, 2.45) is 5.10 Å². The number of hydrogen-bond donors (Lipinski definition) is 1. The highest BCUT2D eigenvalue weighted by Gasteiger charge is 2.04. The third-order valence-electron chi connectivity index (χ3n) is 3.51. The molecule has 1 heterocycles. The first kappa shape index (κ1) is 15.8. The minimum Gasteiger partial charge on any atom is -0.261 e. The van der Waals surface area contributed by atoms with E-state index in [2.05, 4.69) is 20.5 Å². The summed E-state index contributed by atoms with van der Waals surface area (Å²) in [4.78, 5) is 8.81. The topological polar surface area (TPSA) is 50.2 Å². The maximum absolute atomic E-state index is 13.0. The molecule has 5 heteroatoms. The number of benzene rings is 2. The van der Waals surface area contributed by atoms with E-state index in [0.717, 1.165) is 22.5 Å². The van der Waals surface area contributed by atoms with E-state index in [-0.39, 0.29) is 5.82 Å². The third-order valence-corrected chi connectivity index (χ3v) is 3.51. The maximum atomic E-state index is 13.0. The zero-order chi connectivity index (χ0) is 16.9. The van der Waals surface area contributed by atoms with Gasteiger partial charge in [0.15, 0.2) is 0 Å². The van der Waals surface area contributed by atoms with Crippen molar-refractivity contribution in [3.8, 4) is 11.3 Å². The average Bonchev–Trinajstić information content (AvgIpc) is 2.60. The first-order chi connectivity index (χ1) is 11.6. The number of aryl methyl sites for hydroxylation is 1. The summed E-state index contributed by atoms with van der Waals surface area (Å²) in [6.07, 6.45) is 0. The van der Waals surface area contributed by atoms with Gasteiger partial charge in [0.25, 0.3) is 0 Å². The quantitative estimate of drug-likeness (QED) is 0.571. The van der Waals surface area contributed by atoms with Gasteiger partial charge in [-0.05, 0) is 31.5 Å². The SMILES string of the molecule is C/C(=N/Nc1cc(-c2ccccc2)nc(C)n1)c1ccc(F)cc1. The van der Waals surface area contributed by atoms with Gasteiger partial charge >= 0.3 is 0 Å². The molecule has 0 amide bonds. The van der Waals surface area contributed by atoms with E-state index in [9.17, 15) is 4.39 Å². The number of rotatable bonds is 4. The number of hydrogen-bond acceptors (Lipinski definition) is 4. The van der Waals surface area contributed by atoms with Crippen LogP contribution in [-0.4, -0.2) is 15.7 Å². The van der Waals surface area contributed by atoms with E-state index in [1.165, 1.54) is 12.1 Å². The first-order valence-corrected chi connectivity index (χ1v) is 7.59. The average molecular weight is 320 g/mol. The number of halogens is 1. The van der Waals surface area contributed by atoms with Gasteiger partial charge in [0.05, 0.1) is 11.4 Å². The lowest BCUT2D eigenvalue weighted by Gasteiger charge is -2.07. The van der Waals surface area contributed by atoms with Crippen molar-refractivity contribution < 1.29 is 4.39 Å². The van der Waals surface area contributed by atoms with Crippen molar-refractivity contribution in [2.45, 2.75) is 13.8 Å². The van der Waals surface area contributed by atoms with Crippen molar-refractivity contribution in [3.63, 3.8) is 0 Å². The molecule has 0 bridgehead atoms. The molecule has 1 N–H and O–H groups in total. The standard InChI is InChI=1S/C19H17FN4/c1-13(15-8-10-17(20)11-9-15)23-24-19-12-18(21-14(2)22-19)16-6-4-3-5-7-16/h3-12H,1-2H3,(H,21,22,24)/b23-13-. The summed E-state index contributed by atoms with van der Waals surface area (Å²) in [7, 11) is 0. The fraction of sp³-hybridized carbons (Fsp3) is 0.105. The van der Waals surface area contributed by atoms with Gasteiger partial charge in [0.1, 0.15) is 17.5 Å². The molecule has 0 spiro atoms. The molecule has 3 aromatic rings. The Hall–Kier alpha value is -3.08. The largest absolute Gasteiger partial charge is 0.261 e. The van der Waals surface area contributed by atoms with Gasteiger partial charge in [-0.3, -0.25) is 5.43 Å². The first-order valence-electron chi connectivity index (χ1n) is 7.59. The van der Waals surface area contributed by atoms with Gasteiger partial charge < -0.3 is 0 Å². The summed E-state index contributed by atoms with van der Waals surface area (Å²) in [6, 6.07) is 18.0. The van der Waals surface area contributed by atoms with Gasteiger partial charge in [0.2, 0.25) is 0 Å². The molecule has 0 aliphatic heterocycles. The van der Waals surface area contributed by atoms with Gasteiger partial charge in [-0.2, -0.15) is 5.10 Å². The van der Waals surface area contributed by atoms with Crippen LogP contribution >= 0.6 is 0 Å². The van der Waals surface area contributed by atoms with Crippen LogP contribution in [0.5, 0.6) is 0 Å². The Balaban J connectivity index is 1.84. The van der Waals surface area contributed by atoms with E-state index in [1.54, 1.807) is 12.1 Å². The molecule has 0 atom stereocenters. The Bertz CT molecular complexity index is 858. The second kappa shape index (κ2) is 7.00. The highest BCUT2D eigenvalue weighted by molar-refractivity contribution is 5.99. The van der Waals surface area contributed by atoms with Crippen molar-refractivity contribution in [1.82, 2.24) is 9.97 Å². The number of nitrogens with one attached hydrogen (secondary N) is 1. The minimum absolute atomic E-state index is 0.265. The van der Waals surface area contributed by atoms with Crippen LogP contribution in [-0.2, 0) is 0 Å². The summed E-state index contributed by atoms with van der Waals surface area (Å²) in [5.74, 6) is 1.01. The van der Waals surface area contributed by atoms with Crippen molar-refractivity contribution in [1.29, 1.82) is 0 Å². The summed E-state index contributed by atoms with van der Waals surface area (Å²) < 4.78 is 13.0. The fourth-order valence-electron chi connectivity index (χ4n) is 2.28. The monoisotopic (exact) mass is 320 g/mol. The lowest BCUT2D eigenvalue weighted by Crippen LogP contribution is -2.03. The van der Waals surface area contributed by atoms with E-state index < -0.39 is 0 Å². The molecule has 3 rings (SSSR count). The van der Waals surface area contributed by atoms with Crippen LogP contribution < -0.4 is 5.43 Å². The summed E-state index contributed by atoms with van der Waals surface area (Å²) in [5.41, 5.74) is 6.39. The Morgan fingerprint density at radius 3 is 2.42 bits per heavy atom. The minimum atomic E-state index is -0.265. The Morgan fingerprint density at radius 1 is 1.00 bits per heavy atom. The lowest BCUT2D eigenvalue weighted by molar-refractivity contribution is 0.628. The second-order valence-electron chi connectivity index (χ2n) is 5.37. The number of hydrazone groups is 1. The van der Waals surface area contributed by atoms with Crippen LogP contribution in [0.25, 0.3) is 11.3 Å². The van der Waals surface area contributed by atoms with Crippen LogP contribution in [0.1, 0.15) is 18.3 Å². The third kappa shape index (κ3) is 3.81. The predicted molar refractivity (Wildman–Crippen MR) is 94.4 cm³/mol. The highest BCUT2D eigenvalue weighted by Crippen LogP contribution is 2.19. The molecule has 0 saturated heterocycles. The molecule has 0 radical (unpaired) electrons. The Labute approximate surface area is 140 Å². The van der Waals surface area contributed by atoms with Crippen LogP contribution in [0.15, 0.2) is 65.8 Å². The lowest BCUT2D eigenvalue weighted by atomic mass is 10.1. The molecule has 4 nitrogen and oxygen atoms in total. The fourth-order valence-corrected chi connectivity index (χ4v) is 2.28. The smallest absolute Gasteiger partial charge is 0.150 e. The van der Waals surface area contributed by atoms with Crippen LogP contribution in [0.4, 0.5) is 10.2 Å². The van der Waals surface area contributed by atoms with Crippen LogP contribution in [0.3, 0.4) is 0 Å². The van der Waals surface area contributed by atoms with Crippen LogP contribution in [0, 0.1) is 12.7 Å². The summed E-state index contributed by atoms with van der Waals surface area (Å²) in [6.45, 7) is 3.69. The van der Waals surface area contributed by atoms with E-state index in [4.69, 9.17) is 0 Å². The van der Waals surface area contributed by atoms with Gasteiger partial charge in [0, 0.05) is 11.6 Å². The molecule has 0 aliphatic rings. The number of nitrogens with zero attached hydrogens (tertiary/aromatic N) is 3. The van der Waals surface area contributed by atoms with Crippen LogP contribution in [0.2, 0.25) is 0 Å². The Morgan fingerprint density at radius 2 is 1.71 bits per heavy atom. The van der Waals surface area contributed by atoms with Gasteiger partial charge in [-0.1, -0.05) is 42.5 Å². The van der Waals surface area contributed by atoms with Crippen molar-refractivity contribution in [2.75, 3.05) is 5.43 Å². The van der Waals surface area contributed by atoms with Crippen molar-refractivity contribution in [3.05, 3.63) is 77.9 Å². The van der Waals surface area contributed by atoms with E-state index >= 15 is 0 Å². The van der Waals surface area contributed by atoms with E-state index in [1.807, 2.05) is 50.2 Å². The second-order valence-corrected chi connectivity index (χ2v) is 5.37. The number of aromatic nitrogens is 2. The molecular weight excluding hydrogens is 303 g/mol. The van der Waals surface area contributed by atoms with Crippen molar-refractivity contribution >= 4 is 11.5 Å². The zero-order valence-electron chi connectivity index (χ0n) is 13.5. The number of anilines is 1. The molecule has 0 unspecified atom stereocenters. The molecule has 0 aliphatic carbocycles. The van der Waals surface area contributed by atoms with E-state index in [0.29, 0.717) is 11.6 Å². The van der Waals surface area contributed by atoms with Gasteiger partial charge in [-0.25, -0.2) is 14.4 Å².